The van der Waals surface area contributed by atoms with Crippen LogP contribution >= 0.6 is 0 Å². The van der Waals surface area contributed by atoms with Gasteiger partial charge in [-0.05, 0) is 64.2 Å². The Kier molecular flexibility index (Phi) is 33.2. The van der Waals surface area contributed by atoms with Crippen molar-refractivity contribution in [3.05, 3.63) is 85.1 Å². The lowest BCUT2D eigenvalue weighted by atomic mass is 9.99. The number of rotatable bonds is 35. The highest BCUT2D eigenvalue weighted by Gasteiger charge is 2.48. The lowest BCUT2D eigenvalue weighted by Crippen LogP contribution is -2.60. The van der Waals surface area contributed by atoms with Gasteiger partial charge >= 0.3 is 16.4 Å². The molecule has 6 unspecified atom stereocenters. The molecule has 1 saturated heterocycles. The maximum Gasteiger partial charge on any atom is 0.397 e. The molecule has 0 aromatic carbocycles. The van der Waals surface area contributed by atoms with E-state index in [0.717, 1.165) is 64.2 Å². The number of ether oxygens (including phenoxy) is 4. The first-order chi connectivity index (χ1) is 28.1. The lowest BCUT2D eigenvalue weighted by molar-refractivity contribution is -0.301. The van der Waals surface area contributed by atoms with E-state index in [1.807, 2.05) is 6.08 Å². The fraction of sp³-hybridized carbons (Fsp3) is 0.667. The summed E-state index contributed by atoms with van der Waals surface area (Å²) in [5.74, 6) is -0.462. The summed E-state index contributed by atoms with van der Waals surface area (Å²) in [7, 11) is -5.07. The van der Waals surface area contributed by atoms with Crippen LogP contribution in [0.4, 0.5) is 0 Å². The van der Waals surface area contributed by atoms with Crippen molar-refractivity contribution in [2.45, 2.75) is 166 Å². The predicted octanol–water partition coefficient (Wildman–Crippen LogP) is 8.51. The average molecular weight is 839 g/mol. The van der Waals surface area contributed by atoms with Crippen molar-refractivity contribution in [3.63, 3.8) is 0 Å². The van der Waals surface area contributed by atoms with Crippen LogP contribution in [0.2, 0.25) is 0 Å². The molecule has 1 rings (SSSR count). The molecular formula is C45H74O12S. The quantitative estimate of drug-likeness (QED) is 0.0207. The number of unbranched alkanes of at least 4 members (excludes halogenated alkanes) is 8. The molecule has 12 nitrogen and oxygen atoms in total. The molecule has 4 N–H and O–H groups in total. The number of carbonyl (C=O) groups excluding carboxylic acids is 1. The van der Waals surface area contributed by atoms with Gasteiger partial charge in [0.25, 0.3) is 0 Å². The first-order valence-corrected chi connectivity index (χ1v) is 22.7. The van der Waals surface area contributed by atoms with Crippen LogP contribution in [0.1, 0.15) is 129 Å². The number of allylic oxidation sites excluding steroid dienone is 14. The number of hydrogen-bond acceptors (Lipinski definition) is 11. The third-order valence-electron chi connectivity index (χ3n) is 9.03. The zero-order valence-corrected chi connectivity index (χ0v) is 35.9. The summed E-state index contributed by atoms with van der Waals surface area (Å²) in [5, 5.41) is 30.5. The highest BCUT2D eigenvalue weighted by Crippen LogP contribution is 2.26. The molecule has 0 aromatic heterocycles. The molecule has 1 aliphatic rings. The zero-order chi connectivity index (χ0) is 42.5. The number of aliphatic hydroxyl groups is 3. The van der Waals surface area contributed by atoms with Crippen LogP contribution in [-0.2, 0) is 38.3 Å². The lowest BCUT2D eigenvalue weighted by Gasteiger charge is -2.41. The van der Waals surface area contributed by atoms with Crippen molar-refractivity contribution in [1.82, 2.24) is 0 Å². The monoisotopic (exact) mass is 838 g/mol. The Bertz CT molecular complexity index is 1340. The largest absolute Gasteiger partial charge is 0.457 e. The second-order valence-electron chi connectivity index (χ2n) is 14.2. The van der Waals surface area contributed by atoms with E-state index in [4.69, 9.17) is 23.5 Å². The van der Waals surface area contributed by atoms with Crippen molar-refractivity contribution >= 4 is 16.4 Å². The molecule has 1 aliphatic heterocycles. The third kappa shape index (κ3) is 29.5. The van der Waals surface area contributed by atoms with Gasteiger partial charge in [0.2, 0.25) is 0 Å². The van der Waals surface area contributed by atoms with E-state index in [0.29, 0.717) is 19.4 Å². The van der Waals surface area contributed by atoms with Crippen LogP contribution in [0.3, 0.4) is 0 Å². The SMILES string of the molecule is CC/C=C\C/C=C\C/C=C\C/C=C\C/C=C\C/C=C\C/C=C\CCCC(=O)OC(COCCCCCCCCCC)COC1OC(CO)C(O)C(OS(=O)(=O)O)C1O. The molecule has 6 atom stereocenters. The smallest absolute Gasteiger partial charge is 0.397 e. The molecule has 0 spiro atoms. The number of hydrogen-bond donors (Lipinski definition) is 4. The van der Waals surface area contributed by atoms with Gasteiger partial charge in [-0.25, -0.2) is 4.18 Å². The molecule has 1 heterocycles. The molecule has 0 amide bonds. The van der Waals surface area contributed by atoms with Gasteiger partial charge in [0, 0.05) is 13.0 Å². The number of carbonyl (C=O) groups is 1. The summed E-state index contributed by atoms with van der Waals surface area (Å²) in [5.41, 5.74) is 0. The minimum absolute atomic E-state index is 0.00785. The van der Waals surface area contributed by atoms with E-state index in [9.17, 15) is 28.5 Å². The van der Waals surface area contributed by atoms with Crippen LogP contribution in [0.15, 0.2) is 85.1 Å². The van der Waals surface area contributed by atoms with E-state index < -0.39 is 59.8 Å². The van der Waals surface area contributed by atoms with Crippen molar-refractivity contribution in [2.24, 2.45) is 0 Å². The van der Waals surface area contributed by atoms with E-state index in [2.05, 4.69) is 97.0 Å². The summed E-state index contributed by atoms with van der Waals surface area (Å²) >= 11 is 0. The molecule has 13 heteroatoms. The highest BCUT2D eigenvalue weighted by molar-refractivity contribution is 7.80. The van der Waals surface area contributed by atoms with Gasteiger partial charge in [-0.15, -0.1) is 0 Å². The molecule has 0 radical (unpaired) electrons. The fourth-order valence-electron chi connectivity index (χ4n) is 5.84. The maximum atomic E-state index is 12.8. The Balaban J connectivity index is 2.45. The van der Waals surface area contributed by atoms with Crippen molar-refractivity contribution in [1.29, 1.82) is 0 Å². The molecule has 332 valence electrons. The van der Waals surface area contributed by atoms with Crippen molar-refractivity contribution in [2.75, 3.05) is 26.4 Å². The second kappa shape index (κ2) is 36.2. The van der Waals surface area contributed by atoms with Gasteiger partial charge in [-0.1, -0.05) is 144 Å². The van der Waals surface area contributed by atoms with Crippen LogP contribution in [0, 0.1) is 0 Å². The minimum atomic E-state index is -5.07. The van der Waals surface area contributed by atoms with Gasteiger partial charge in [0.1, 0.15) is 30.5 Å². The summed E-state index contributed by atoms with van der Waals surface area (Å²) in [6.07, 6.45) is 37.9. The van der Waals surface area contributed by atoms with Crippen LogP contribution in [0.25, 0.3) is 0 Å². The van der Waals surface area contributed by atoms with E-state index >= 15 is 0 Å². The van der Waals surface area contributed by atoms with E-state index in [1.165, 1.54) is 32.1 Å². The standard InChI is InChI=1S/C45H74O12S/c1-3-5-7-9-11-13-14-15-16-17-18-19-20-21-22-23-24-25-26-27-28-30-32-34-41(47)55-39(37-53-35-33-31-29-12-10-8-6-4-2)38-54-45-43(49)44(57-58(50,51)52)42(48)40(36-46)56-45/h5,7,11,13,15-16,18-19,21-22,24-25,27-28,39-40,42-46,48-49H,3-4,6,8-10,12,14,17,20,23,26,29-38H2,1-2H3,(H,50,51,52)/b7-5-,13-11-,16-15-,19-18-,22-21-,25-24-,28-27-. The summed E-state index contributed by atoms with van der Waals surface area (Å²) < 4.78 is 58.7. The second-order valence-corrected chi connectivity index (χ2v) is 15.3. The number of aliphatic hydroxyl groups excluding tert-OH is 3. The van der Waals surface area contributed by atoms with Crippen molar-refractivity contribution < 1.29 is 56.2 Å². The average Bonchev–Trinajstić information content (AvgIpc) is 3.19. The minimum Gasteiger partial charge on any atom is -0.457 e. The van der Waals surface area contributed by atoms with E-state index in [-0.39, 0.29) is 19.6 Å². The van der Waals surface area contributed by atoms with E-state index in [1.54, 1.807) is 0 Å². The Hall–Kier alpha value is -2.72. The number of esters is 1. The van der Waals surface area contributed by atoms with Crippen LogP contribution in [0.5, 0.6) is 0 Å². The van der Waals surface area contributed by atoms with Gasteiger partial charge in [-0.2, -0.15) is 8.42 Å². The third-order valence-corrected chi connectivity index (χ3v) is 9.50. The first kappa shape index (κ1) is 53.3. The van der Waals surface area contributed by atoms with Crippen molar-refractivity contribution in [3.8, 4) is 0 Å². The summed E-state index contributed by atoms with van der Waals surface area (Å²) in [6.45, 7) is 3.74. The summed E-state index contributed by atoms with van der Waals surface area (Å²) in [6, 6.07) is 0. The Morgan fingerprint density at radius 2 is 1.17 bits per heavy atom. The van der Waals surface area contributed by atoms with Gasteiger partial charge in [-0.3, -0.25) is 9.35 Å². The molecule has 1 fully saturated rings. The van der Waals surface area contributed by atoms with Crippen LogP contribution in [-0.4, -0.2) is 97.5 Å². The predicted molar refractivity (Wildman–Crippen MR) is 229 cm³/mol. The summed E-state index contributed by atoms with van der Waals surface area (Å²) in [4.78, 5) is 12.8. The Morgan fingerprint density at radius 1 is 0.672 bits per heavy atom. The Labute approximate surface area is 349 Å². The molecule has 0 aromatic rings. The van der Waals surface area contributed by atoms with Gasteiger partial charge < -0.3 is 34.3 Å². The molecule has 0 bridgehead atoms. The maximum absolute atomic E-state index is 12.8. The normalized spacial score (nSPS) is 21.4. The topological polar surface area (TPSA) is 178 Å². The first-order valence-electron chi connectivity index (χ1n) is 21.3. The van der Waals surface area contributed by atoms with Crippen LogP contribution < -0.4 is 0 Å². The molecule has 0 aliphatic carbocycles. The highest BCUT2D eigenvalue weighted by atomic mass is 32.3. The van der Waals surface area contributed by atoms with Gasteiger partial charge in [0.05, 0.1) is 19.8 Å². The molecule has 58 heavy (non-hydrogen) atoms. The van der Waals surface area contributed by atoms with Gasteiger partial charge in [0.15, 0.2) is 6.29 Å². The zero-order valence-electron chi connectivity index (χ0n) is 35.1. The Morgan fingerprint density at radius 3 is 1.67 bits per heavy atom. The molecular weight excluding hydrogens is 765 g/mol. The molecule has 0 saturated carbocycles. The fourth-order valence-corrected chi connectivity index (χ4v) is 6.34.